The number of ether oxygens (including phenoxy) is 3. The Bertz CT molecular complexity index is 374. The van der Waals surface area contributed by atoms with Gasteiger partial charge in [0.05, 0.1) is 6.61 Å². The molecular formula is C16H28N2O3. The van der Waals surface area contributed by atoms with Crippen molar-refractivity contribution in [1.82, 2.24) is 10.3 Å². The summed E-state index contributed by atoms with van der Waals surface area (Å²) in [6.45, 7) is 7.82. The number of rotatable bonds is 12. The van der Waals surface area contributed by atoms with Gasteiger partial charge in [-0.25, -0.2) is 4.98 Å². The van der Waals surface area contributed by atoms with E-state index in [0.29, 0.717) is 31.7 Å². The second-order valence-corrected chi connectivity index (χ2v) is 4.91. The average Bonchev–Trinajstić information content (AvgIpc) is 2.52. The molecule has 1 N–H and O–H groups in total. The highest BCUT2D eigenvalue weighted by Crippen LogP contribution is 2.16. The van der Waals surface area contributed by atoms with Crippen molar-refractivity contribution in [1.29, 1.82) is 0 Å². The summed E-state index contributed by atoms with van der Waals surface area (Å²) in [6, 6.07) is 4.31. The van der Waals surface area contributed by atoms with Crippen LogP contribution < -0.4 is 10.1 Å². The third-order valence-electron chi connectivity index (χ3n) is 3.07. The molecule has 1 unspecified atom stereocenters. The van der Waals surface area contributed by atoms with E-state index >= 15 is 0 Å². The Morgan fingerprint density at radius 1 is 1.24 bits per heavy atom. The molecule has 1 aromatic heterocycles. The molecule has 0 aliphatic heterocycles. The van der Waals surface area contributed by atoms with Gasteiger partial charge in [-0.15, -0.1) is 0 Å². The van der Waals surface area contributed by atoms with Crippen LogP contribution in [0.15, 0.2) is 18.3 Å². The van der Waals surface area contributed by atoms with Crippen molar-refractivity contribution < 1.29 is 14.2 Å². The zero-order valence-electron chi connectivity index (χ0n) is 13.4. The van der Waals surface area contributed by atoms with E-state index in [1.54, 1.807) is 13.3 Å². The SMILES string of the molecule is CCCNC(C)c1ccnc(OCCOCCCOC)c1. The van der Waals surface area contributed by atoms with Gasteiger partial charge in [-0.3, -0.25) is 0 Å². The van der Waals surface area contributed by atoms with E-state index in [2.05, 4.69) is 24.1 Å². The number of methoxy groups -OCH3 is 1. The lowest BCUT2D eigenvalue weighted by atomic mass is 10.1. The first-order valence-corrected chi connectivity index (χ1v) is 7.66. The van der Waals surface area contributed by atoms with Crippen molar-refractivity contribution in [2.75, 3.05) is 40.1 Å². The molecule has 21 heavy (non-hydrogen) atoms. The van der Waals surface area contributed by atoms with Crippen LogP contribution in [0.5, 0.6) is 5.88 Å². The number of pyridine rings is 1. The quantitative estimate of drug-likeness (QED) is 0.601. The minimum absolute atomic E-state index is 0.306. The van der Waals surface area contributed by atoms with Gasteiger partial charge in [0.25, 0.3) is 0 Å². The van der Waals surface area contributed by atoms with Gasteiger partial charge in [-0.2, -0.15) is 0 Å². The van der Waals surface area contributed by atoms with Crippen LogP contribution in [0, 0.1) is 0 Å². The highest BCUT2D eigenvalue weighted by atomic mass is 16.5. The molecule has 1 rings (SSSR count). The monoisotopic (exact) mass is 296 g/mol. The van der Waals surface area contributed by atoms with Gasteiger partial charge in [0.1, 0.15) is 6.61 Å². The predicted octanol–water partition coefficient (Wildman–Crippen LogP) is 2.57. The number of hydrogen-bond donors (Lipinski definition) is 1. The molecule has 0 amide bonds. The fourth-order valence-electron chi connectivity index (χ4n) is 1.86. The van der Waals surface area contributed by atoms with Crippen LogP contribution in [0.2, 0.25) is 0 Å². The third-order valence-corrected chi connectivity index (χ3v) is 3.07. The van der Waals surface area contributed by atoms with Gasteiger partial charge >= 0.3 is 0 Å². The molecule has 0 aliphatic rings. The molecule has 0 spiro atoms. The van der Waals surface area contributed by atoms with Crippen LogP contribution in [0.3, 0.4) is 0 Å². The second-order valence-electron chi connectivity index (χ2n) is 4.91. The second kappa shape index (κ2) is 11.5. The van der Waals surface area contributed by atoms with E-state index in [9.17, 15) is 0 Å². The van der Waals surface area contributed by atoms with Crippen molar-refractivity contribution in [2.24, 2.45) is 0 Å². The van der Waals surface area contributed by atoms with Crippen LogP contribution >= 0.6 is 0 Å². The molecule has 1 atom stereocenters. The van der Waals surface area contributed by atoms with E-state index < -0.39 is 0 Å². The molecule has 1 aromatic rings. The zero-order chi connectivity index (χ0) is 15.3. The molecule has 0 aliphatic carbocycles. The molecule has 0 saturated carbocycles. The van der Waals surface area contributed by atoms with Crippen molar-refractivity contribution in [3.05, 3.63) is 23.9 Å². The van der Waals surface area contributed by atoms with Crippen LogP contribution in [0.25, 0.3) is 0 Å². The Balaban J connectivity index is 2.26. The highest BCUT2D eigenvalue weighted by molar-refractivity contribution is 5.23. The molecular weight excluding hydrogens is 268 g/mol. The Hall–Kier alpha value is -1.17. The Morgan fingerprint density at radius 3 is 2.86 bits per heavy atom. The van der Waals surface area contributed by atoms with E-state index in [4.69, 9.17) is 14.2 Å². The van der Waals surface area contributed by atoms with Crippen molar-refractivity contribution in [2.45, 2.75) is 32.7 Å². The maximum Gasteiger partial charge on any atom is 0.213 e. The summed E-state index contributed by atoms with van der Waals surface area (Å²) >= 11 is 0. The lowest BCUT2D eigenvalue weighted by Crippen LogP contribution is -2.19. The molecule has 0 aromatic carbocycles. The number of hydrogen-bond acceptors (Lipinski definition) is 5. The fraction of sp³-hybridized carbons (Fsp3) is 0.688. The summed E-state index contributed by atoms with van der Waals surface area (Å²) in [5.41, 5.74) is 1.19. The molecule has 5 nitrogen and oxygen atoms in total. The number of aromatic nitrogens is 1. The van der Waals surface area contributed by atoms with E-state index in [0.717, 1.165) is 26.0 Å². The minimum atomic E-state index is 0.306. The molecule has 0 bridgehead atoms. The van der Waals surface area contributed by atoms with Gasteiger partial charge in [0.2, 0.25) is 5.88 Å². The highest BCUT2D eigenvalue weighted by Gasteiger charge is 2.06. The van der Waals surface area contributed by atoms with Crippen molar-refractivity contribution in [3.8, 4) is 5.88 Å². The first-order chi connectivity index (χ1) is 10.3. The first-order valence-electron chi connectivity index (χ1n) is 7.66. The minimum Gasteiger partial charge on any atom is -0.475 e. The molecule has 120 valence electrons. The predicted molar refractivity (Wildman–Crippen MR) is 83.8 cm³/mol. The molecule has 0 saturated heterocycles. The van der Waals surface area contributed by atoms with Crippen LogP contribution in [0.4, 0.5) is 0 Å². The largest absolute Gasteiger partial charge is 0.475 e. The smallest absolute Gasteiger partial charge is 0.213 e. The number of nitrogens with zero attached hydrogens (tertiary/aromatic N) is 1. The summed E-state index contributed by atoms with van der Waals surface area (Å²) in [4.78, 5) is 4.22. The Morgan fingerprint density at radius 2 is 2.10 bits per heavy atom. The topological polar surface area (TPSA) is 52.6 Å². The van der Waals surface area contributed by atoms with Crippen LogP contribution in [-0.4, -0.2) is 45.1 Å². The summed E-state index contributed by atoms with van der Waals surface area (Å²) in [7, 11) is 1.69. The molecule has 1 heterocycles. The molecule has 5 heteroatoms. The summed E-state index contributed by atoms with van der Waals surface area (Å²) in [5.74, 6) is 0.651. The van der Waals surface area contributed by atoms with Gasteiger partial charge in [-0.1, -0.05) is 6.92 Å². The zero-order valence-corrected chi connectivity index (χ0v) is 13.4. The van der Waals surface area contributed by atoms with Crippen molar-refractivity contribution >= 4 is 0 Å². The Kier molecular flexibility index (Phi) is 9.78. The van der Waals surface area contributed by atoms with Gasteiger partial charge in [0, 0.05) is 38.6 Å². The standard InChI is InChI=1S/C16H28N2O3/c1-4-7-17-14(2)15-6-8-18-16(13-15)21-12-11-20-10-5-9-19-3/h6,8,13-14,17H,4-5,7,9-12H2,1-3H3. The maximum atomic E-state index is 5.61. The van der Waals surface area contributed by atoms with Gasteiger partial charge in [-0.05, 0) is 37.9 Å². The number of nitrogens with one attached hydrogen (secondary N) is 1. The maximum absolute atomic E-state index is 5.61. The van der Waals surface area contributed by atoms with Crippen molar-refractivity contribution in [3.63, 3.8) is 0 Å². The normalized spacial score (nSPS) is 12.3. The first kappa shape index (κ1) is 17.9. The van der Waals surface area contributed by atoms with E-state index in [-0.39, 0.29) is 0 Å². The summed E-state index contributed by atoms with van der Waals surface area (Å²) in [6.07, 6.45) is 3.82. The van der Waals surface area contributed by atoms with Crippen LogP contribution in [-0.2, 0) is 9.47 Å². The van der Waals surface area contributed by atoms with Crippen LogP contribution in [0.1, 0.15) is 38.3 Å². The molecule has 0 radical (unpaired) electrons. The van der Waals surface area contributed by atoms with E-state index in [1.165, 1.54) is 5.56 Å². The summed E-state index contributed by atoms with van der Waals surface area (Å²) in [5, 5.41) is 3.45. The lowest BCUT2D eigenvalue weighted by Gasteiger charge is -2.14. The van der Waals surface area contributed by atoms with Gasteiger partial charge < -0.3 is 19.5 Å². The average molecular weight is 296 g/mol. The lowest BCUT2D eigenvalue weighted by molar-refractivity contribution is 0.0795. The molecule has 0 fully saturated rings. The summed E-state index contributed by atoms with van der Waals surface area (Å²) < 4.78 is 16.0. The van der Waals surface area contributed by atoms with E-state index in [1.807, 2.05) is 12.1 Å². The Labute approximate surface area is 128 Å². The van der Waals surface area contributed by atoms with Gasteiger partial charge in [0.15, 0.2) is 0 Å². The third kappa shape index (κ3) is 7.99. The fourth-order valence-corrected chi connectivity index (χ4v) is 1.86.